The Morgan fingerprint density at radius 3 is 2.21 bits per heavy atom. The first-order valence-corrected chi connectivity index (χ1v) is 13.6. The Hall–Kier alpha value is -3.70. The Kier molecular flexibility index (Phi) is 9.87. The van der Waals surface area contributed by atoms with E-state index in [1.165, 1.54) is 7.11 Å². The van der Waals surface area contributed by atoms with Crippen LogP contribution in [0.1, 0.15) is 62.5 Å². The van der Waals surface area contributed by atoms with Gasteiger partial charge in [0.05, 0.1) is 19.2 Å². The molecule has 0 unspecified atom stereocenters. The highest BCUT2D eigenvalue weighted by Crippen LogP contribution is 2.31. The molecule has 0 spiro atoms. The number of aryl methyl sites for hydroxylation is 1. The van der Waals surface area contributed by atoms with Crippen molar-refractivity contribution in [3.8, 4) is 11.1 Å². The number of halogens is 1. The van der Waals surface area contributed by atoms with Crippen molar-refractivity contribution < 1.29 is 14.3 Å². The lowest BCUT2D eigenvalue weighted by Gasteiger charge is -2.27. The maximum atomic E-state index is 13.6. The van der Waals surface area contributed by atoms with Crippen LogP contribution in [0.25, 0.3) is 21.9 Å². The second-order valence-electron chi connectivity index (χ2n) is 10.4. The van der Waals surface area contributed by atoms with Crippen molar-refractivity contribution in [2.24, 2.45) is 5.41 Å². The van der Waals surface area contributed by atoms with E-state index in [4.69, 9.17) is 16.3 Å². The molecule has 0 N–H and O–H groups in total. The second-order valence-corrected chi connectivity index (χ2v) is 10.8. The molecule has 6 heteroatoms. The van der Waals surface area contributed by atoms with Gasteiger partial charge in [-0.15, -0.1) is 0 Å². The average molecular weight is 545 g/mol. The Morgan fingerprint density at radius 2 is 1.59 bits per heavy atom. The number of nitrogens with zero attached hydrogens (tertiary/aromatic N) is 2. The Morgan fingerprint density at radius 1 is 0.923 bits per heavy atom. The van der Waals surface area contributed by atoms with Gasteiger partial charge in [-0.05, 0) is 70.3 Å². The highest BCUT2D eigenvalue weighted by molar-refractivity contribution is 6.31. The van der Waals surface area contributed by atoms with Crippen LogP contribution in [0.15, 0.2) is 72.9 Å². The molecule has 0 aliphatic carbocycles. The van der Waals surface area contributed by atoms with E-state index in [1.807, 2.05) is 90.1 Å². The summed E-state index contributed by atoms with van der Waals surface area (Å²) < 4.78 is 4.86. The minimum Gasteiger partial charge on any atom is -0.465 e. The maximum absolute atomic E-state index is 13.6. The monoisotopic (exact) mass is 544 g/mol. The lowest BCUT2D eigenvalue weighted by molar-refractivity contribution is -0.120. The van der Waals surface area contributed by atoms with Crippen molar-refractivity contribution in [2.45, 2.75) is 54.5 Å². The summed E-state index contributed by atoms with van der Waals surface area (Å²) in [7, 11) is 1.36. The quantitative estimate of drug-likeness (QED) is 0.228. The van der Waals surface area contributed by atoms with E-state index in [9.17, 15) is 9.59 Å². The molecule has 4 aromatic rings. The third-order valence-electron chi connectivity index (χ3n) is 6.20. The summed E-state index contributed by atoms with van der Waals surface area (Å²) in [6.45, 7) is 12.5. The number of amides is 1. The molecular weight excluding hydrogens is 508 g/mol. The number of pyridine rings is 1. The molecule has 0 saturated heterocycles. The highest BCUT2D eigenvalue weighted by Gasteiger charge is 2.25. The van der Waals surface area contributed by atoms with E-state index in [2.05, 4.69) is 11.1 Å². The fraction of sp³-hybridized carbons (Fsp3) is 0.303. The van der Waals surface area contributed by atoms with Crippen molar-refractivity contribution in [3.63, 3.8) is 0 Å². The van der Waals surface area contributed by atoms with E-state index < -0.39 is 5.97 Å². The molecule has 5 nitrogen and oxygen atoms in total. The van der Waals surface area contributed by atoms with Crippen LogP contribution in [0.3, 0.4) is 0 Å². The van der Waals surface area contributed by atoms with Gasteiger partial charge in [0.25, 0.3) is 0 Å². The summed E-state index contributed by atoms with van der Waals surface area (Å²) in [5.74, 6) is 0.146. The zero-order valence-electron chi connectivity index (χ0n) is 23.8. The molecule has 0 radical (unpaired) electrons. The number of esters is 1. The second kappa shape index (κ2) is 12.9. The Labute approximate surface area is 236 Å². The first kappa shape index (κ1) is 29.9. The number of carbonyl (C=O) groups excluding carboxylic acids is 2. The number of rotatable bonds is 6. The lowest BCUT2D eigenvalue weighted by atomic mass is 9.91. The van der Waals surface area contributed by atoms with Crippen LogP contribution in [0, 0.1) is 12.3 Å². The van der Waals surface area contributed by atoms with Crippen LogP contribution in [-0.2, 0) is 16.1 Å². The molecule has 39 heavy (non-hydrogen) atoms. The standard InChI is InChI=1S/C31H31ClN2O3.C2H6/c1-20-6-9-23(17-27(20)32)22-10-7-21(8-11-22)19-34(28(35)18-31(2,3)4)29-26-13-12-25(30(36)37-5)16-24(26)14-15-33-29;1-2/h6-17H,18-19H2,1-5H3;1-2H3. The van der Waals surface area contributed by atoms with Crippen LogP contribution < -0.4 is 4.90 Å². The largest absolute Gasteiger partial charge is 0.465 e. The van der Waals surface area contributed by atoms with Crippen LogP contribution in [-0.4, -0.2) is 24.0 Å². The summed E-state index contributed by atoms with van der Waals surface area (Å²) in [6.07, 6.45) is 2.03. The van der Waals surface area contributed by atoms with Crippen LogP contribution in [0.5, 0.6) is 0 Å². The van der Waals surface area contributed by atoms with Crippen LogP contribution in [0.2, 0.25) is 5.02 Å². The first-order chi connectivity index (χ1) is 18.6. The molecular formula is C33H37ClN2O3. The van der Waals surface area contributed by atoms with Crippen LogP contribution >= 0.6 is 11.6 Å². The number of methoxy groups -OCH3 is 1. The summed E-state index contributed by atoms with van der Waals surface area (Å²) in [6, 6.07) is 21.3. The predicted molar refractivity (Wildman–Crippen MR) is 161 cm³/mol. The van der Waals surface area contributed by atoms with Gasteiger partial charge in [-0.3, -0.25) is 9.69 Å². The molecule has 0 fully saturated rings. The van der Waals surface area contributed by atoms with Crippen molar-refractivity contribution in [1.29, 1.82) is 0 Å². The van der Waals surface area contributed by atoms with E-state index >= 15 is 0 Å². The number of anilines is 1. The first-order valence-electron chi connectivity index (χ1n) is 13.2. The molecule has 204 valence electrons. The van der Waals surface area contributed by atoms with Gasteiger partial charge in [-0.25, -0.2) is 9.78 Å². The highest BCUT2D eigenvalue weighted by atomic mass is 35.5. The van der Waals surface area contributed by atoms with Crippen LogP contribution in [0.4, 0.5) is 5.82 Å². The SMILES string of the molecule is CC.COC(=O)c1ccc2c(N(Cc3ccc(-c4ccc(C)c(Cl)c4)cc3)C(=O)CC(C)(C)C)nccc2c1. The normalized spacial score (nSPS) is 11.0. The molecule has 0 bridgehead atoms. The Balaban J connectivity index is 0.00000205. The van der Waals surface area contributed by atoms with Gasteiger partial charge in [0.1, 0.15) is 5.82 Å². The van der Waals surface area contributed by atoms with Crippen molar-refractivity contribution in [2.75, 3.05) is 12.0 Å². The fourth-order valence-corrected chi connectivity index (χ4v) is 4.39. The summed E-state index contributed by atoms with van der Waals surface area (Å²) in [4.78, 5) is 32.0. The molecule has 1 heterocycles. The summed E-state index contributed by atoms with van der Waals surface area (Å²) in [5.41, 5.74) is 4.38. The molecule has 1 amide bonds. The minimum absolute atomic E-state index is 0.0149. The lowest BCUT2D eigenvalue weighted by Crippen LogP contribution is -2.34. The number of hydrogen-bond donors (Lipinski definition) is 0. The van der Waals surface area contributed by atoms with Crippen molar-refractivity contribution in [3.05, 3.63) is 94.6 Å². The molecule has 0 aliphatic rings. The van der Waals surface area contributed by atoms with Crippen molar-refractivity contribution in [1.82, 2.24) is 4.98 Å². The van der Waals surface area contributed by atoms with E-state index in [1.54, 1.807) is 23.2 Å². The van der Waals surface area contributed by atoms with Gasteiger partial charge in [-0.2, -0.15) is 0 Å². The number of benzene rings is 3. The molecule has 4 rings (SSSR count). The molecule has 0 atom stereocenters. The average Bonchev–Trinajstić information content (AvgIpc) is 2.92. The topological polar surface area (TPSA) is 59.5 Å². The number of carbonyl (C=O) groups is 2. The molecule has 3 aromatic carbocycles. The smallest absolute Gasteiger partial charge is 0.337 e. The summed E-state index contributed by atoms with van der Waals surface area (Å²) >= 11 is 6.33. The predicted octanol–water partition coefficient (Wildman–Crippen LogP) is 8.65. The molecule has 0 saturated carbocycles. The number of aromatic nitrogens is 1. The zero-order chi connectivity index (χ0) is 28.7. The zero-order valence-corrected chi connectivity index (χ0v) is 24.6. The van der Waals surface area contributed by atoms with E-state index in [-0.39, 0.29) is 11.3 Å². The molecule has 1 aromatic heterocycles. The third-order valence-corrected chi connectivity index (χ3v) is 6.61. The van der Waals surface area contributed by atoms with E-state index in [0.29, 0.717) is 24.3 Å². The third kappa shape index (κ3) is 7.45. The van der Waals surface area contributed by atoms with Gasteiger partial charge in [0.15, 0.2) is 0 Å². The van der Waals surface area contributed by atoms with Gasteiger partial charge in [-0.1, -0.05) is 82.6 Å². The minimum atomic E-state index is -0.407. The molecule has 0 aliphatic heterocycles. The Bertz CT molecular complexity index is 1460. The van der Waals surface area contributed by atoms with Gasteiger partial charge < -0.3 is 4.74 Å². The number of fused-ring (bicyclic) bond motifs is 1. The maximum Gasteiger partial charge on any atom is 0.337 e. The number of ether oxygens (including phenoxy) is 1. The van der Waals surface area contributed by atoms with Crippen molar-refractivity contribution >= 4 is 40.1 Å². The van der Waals surface area contributed by atoms with Gasteiger partial charge in [0, 0.05) is 23.0 Å². The fourth-order valence-electron chi connectivity index (χ4n) is 4.21. The van der Waals surface area contributed by atoms with E-state index in [0.717, 1.165) is 38.0 Å². The van der Waals surface area contributed by atoms with Gasteiger partial charge >= 0.3 is 5.97 Å². The van der Waals surface area contributed by atoms with Gasteiger partial charge in [0.2, 0.25) is 5.91 Å². The number of hydrogen-bond acceptors (Lipinski definition) is 4. The summed E-state index contributed by atoms with van der Waals surface area (Å²) in [5, 5.41) is 2.34.